The van der Waals surface area contributed by atoms with Crippen LogP contribution in [-0.2, 0) is 9.53 Å². The molecule has 1 heterocycles. The quantitative estimate of drug-likeness (QED) is 0.651. The largest absolute Gasteiger partial charge is 0.379 e. The first-order valence-electron chi connectivity index (χ1n) is 7.25. The van der Waals surface area contributed by atoms with Crippen LogP contribution < -0.4 is 5.32 Å². The van der Waals surface area contributed by atoms with Crippen LogP contribution in [0.15, 0.2) is 23.8 Å². The van der Waals surface area contributed by atoms with Crippen molar-refractivity contribution in [1.82, 2.24) is 10.2 Å². The van der Waals surface area contributed by atoms with E-state index in [4.69, 9.17) is 33.2 Å². The summed E-state index contributed by atoms with van der Waals surface area (Å²) < 4.78 is 5.27. The molecule has 0 aromatic heterocycles. The molecular formula is C16H17Cl2N3O2. The van der Waals surface area contributed by atoms with Gasteiger partial charge in [0.1, 0.15) is 11.6 Å². The predicted molar refractivity (Wildman–Crippen MR) is 90.3 cm³/mol. The molecule has 1 aromatic carbocycles. The van der Waals surface area contributed by atoms with E-state index in [0.717, 1.165) is 19.6 Å². The summed E-state index contributed by atoms with van der Waals surface area (Å²) in [5.74, 6) is -0.396. The lowest BCUT2D eigenvalue weighted by molar-refractivity contribution is -0.117. The van der Waals surface area contributed by atoms with Gasteiger partial charge in [0, 0.05) is 26.2 Å². The first-order valence-corrected chi connectivity index (χ1v) is 8.01. The highest BCUT2D eigenvalue weighted by Crippen LogP contribution is 2.23. The highest BCUT2D eigenvalue weighted by molar-refractivity contribution is 6.42. The highest BCUT2D eigenvalue weighted by Gasteiger charge is 2.12. The maximum atomic E-state index is 12.1. The molecule has 0 atom stereocenters. The maximum Gasteiger partial charge on any atom is 0.261 e. The van der Waals surface area contributed by atoms with Crippen molar-refractivity contribution in [2.75, 3.05) is 39.4 Å². The number of halogens is 2. The molecule has 1 saturated heterocycles. The van der Waals surface area contributed by atoms with Gasteiger partial charge in [-0.05, 0) is 23.8 Å². The summed E-state index contributed by atoms with van der Waals surface area (Å²) in [6.45, 7) is 4.38. The van der Waals surface area contributed by atoms with Gasteiger partial charge in [0.05, 0.1) is 23.3 Å². The standard InChI is InChI=1S/C16H17Cl2N3O2/c17-14-2-1-12(10-15(14)18)9-13(11-19)16(22)20-3-4-21-5-7-23-8-6-21/h1-2,9-10H,3-8H2,(H,20,22)/b13-9-. The number of nitriles is 1. The Morgan fingerprint density at radius 1 is 1.35 bits per heavy atom. The van der Waals surface area contributed by atoms with Crippen LogP contribution in [0.4, 0.5) is 0 Å². The van der Waals surface area contributed by atoms with Gasteiger partial charge < -0.3 is 10.1 Å². The number of morpholine rings is 1. The first-order chi connectivity index (χ1) is 11.1. The molecule has 5 nitrogen and oxygen atoms in total. The zero-order chi connectivity index (χ0) is 16.7. The third-order valence-electron chi connectivity index (χ3n) is 3.44. The third kappa shape index (κ3) is 5.52. The number of benzene rings is 1. The van der Waals surface area contributed by atoms with Crippen LogP contribution in [0, 0.1) is 11.3 Å². The van der Waals surface area contributed by atoms with E-state index in [9.17, 15) is 4.79 Å². The van der Waals surface area contributed by atoms with Gasteiger partial charge in [-0.2, -0.15) is 5.26 Å². The Balaban J connectivity index is 1.91. The molecule has 0 bridgehead atoms. The molecule has 2 rings (SSSR count). The highest BCUT2D eigenvalue weighted by atomic mass is 35.5. The van der Waals surface area contributed by atoms with E-state index in [1.807, 2.05) is 6.07 Å². The lowest BCUT2D eigenvalue weighted by Crippen LogP contribution is -2.41. The van der Waals surface area contributed by atoms with E-state index < -0.39 is 5.91 Å². The second-order valence-corrected chi connectivity index (χ2v) is 5.87. The van der Waals surface area contributed by atoms with Crippen LogP contribution >= 0.6 is 23.2 Å². The van der Waals surface area contributed by atoms with Gasteiger partial charge in [-0.15, -0.1) is 0 Å². The monoisotopic (exact) mass is 353 g/mol. The van der Waals surface area contributed by atoms with E-state index >= 15 is 0 Å². The number of rotatable bonds is 5. The van der Waals surface area contributed by atoms with E-state index in [2.05, 4.69) is 10.2 Å². The fourth-order valence-electron chi connectivity index (χ4n) is 2.16. The van der Waals surface area contributed by atoms with Gasteiger partial charge in [0.15, 0.2) is 0 Å². The minimum absolute atomic E-state index is 0.0327. The number of carbonyl (C=O) groups excluding carboxylic acids is 1. The average Bonchev–Trinajstić information content (AvgIpc) is 2.56. The first kappa shape index (κ1) is 17.8. The SMILES string of the molecule is N#C/C(=C/c1ccc(Cl)c(Cl)c1)C(=O)NCCN1CCOCC1. The normalized spacial score (nSPS) is 16.0. The van der Waals surface area contributed by atoms with Gasteiger partial charge in [-0.3, -0.25) is 9.69 Å². The van der Waals surface area contributed by atoms with Gasteiger partial charge in [0.2, 0.25) is 0 Å². The lowest BCUT2D eigenvalue weighted by Gasteiger charge is -2.26. The van der Waals surface area contributed by atoms with E-state index in [-0.39, 0.29) is 5.57 Å². The summed E-state index contributed by atoms with van der Waals surface area (Å²) in [4.78, 5) is 14.3. The second-order valence-electron chi connectivity index (χ2n) is 5.05. The van der Waals surface area contributed by atoms with E-state index in [0.29, 0.717) is 35.4 Å². The fraction of sp³-hybridized carbons (Fsp3) is 0.375. The van der Waals surface area contributed by atoms with Crippen LogP contribution in [0.5, 0.6) is 0 Å². The van der Waals surface area contributed by atoms with Crippen LogP contribution in [-0.4, -0.2) is 50.2 Å². The number of ether oxygens (including phenoxy) is 1. The molecule has 1 amide bonds. The smallest absolute Gasteiger partial charge is 0.261 e. The van der Waals surface area contributed by atoms with E-state index in [1.54, 1.807) is 18.2 Å². The molecule has 1 N–H and O–H groups in total. The number of hydrogen-bond donors (Lipinski definition) is 1. The predicted octanol–water partition coefficient (Wildman–Crippen LogP) is 2.35. The Morgan fingerprint density at radius 3 is 2.74 bits per heavy atom. The molecule has 1 aliphatic rings. The second kappa shape index (κ2) is 8.90. The van der Waals surface area contributed by atoms with Crippen molar-refractivity contribution in [3.8, 4) is 6.07 Å². The Hall–Kier alpha value is -1.58. The Bertz CT molecular complexity index is 635. The van der Waals surface area contributed by atoms with Crippen LogP contribution in [0.25, 0.3) is 6.08 Å². The molecular weight excluding hydrogens is 337 g/mol. The molecule has 0 saturated carbocycles. The summed E-state index contributed by atoms with van der Waals surface area (Å²) in [7, 11) is 0. The van der Waals surface area contributed by atoms with Crippen LogP contribution in [0.2, 0.25) is 10.0 Å². The number of carbonyl (C=O) groups is 1. The van der Waals surface area contributed by atoms with Crippen molar-refractivity contribution in [2.45, 2.75) is 0 Å². The number of nitrogens with zero attached hydrogens (tertiary/aromatic N) is 2. The Labute approximate surface area is 145 Å². The molecule has 23 heavy (non-hydrogen) atoms. The molecule has 0 spiro atoms. The van der Waals surface area contributed by atoms with Gasteiger partial charge in [-0.1, -0.05) is 29.3 Å². The minimum Gasteiger partial charge on any atom is -0.379 e. The minimum atomic E-state index is -0.396. The zero-order valence-corrected chi connectivity index (χ0v) is 14.0. The summed E-state index contributed by atoms with van der Waals surface area (Å²) in [5.41, 5.74) is 0.685. The zero-order valence-electron chi connectivity index (χ0n) is 12.5. The molecule has 0 aliphatic carbocycles. The number of amides is 1. The molecule has 0 radical (unpaired) electrons. The fourth-order valence-corrected chi connectivity index (χ4v) is 2.47. The molecule has 1 fully saturated rings. The Kier molecular flexibility index (Phi) is 6.87. The Morgan fingerprint density at radius 2 is 2.09 bits per heavy atom. The summed E-state index contributed by atoms with van der Waals surface area (Å²) >= 11 is 11.8. The average molecular weight is 354 g/mol. The van der Waals surface area contributed by atoms with Crippen molar-refractivity contribution in [3.05, 3.63) is 39.4 Å². The lowest BCUT2D eigenvalue weighted by atomic mass is 10.1. The van der Waals surface area contributed by atoms with E-state index in [1.165, 1.54) is 6.08 Å². The molecule has 122 valence electrons. The number of hydrogen-bond acceptors (Lipinski definition) is 4. The van der Waals surface area contributed by atoms with Crippen molar-refractivity contribution in [1.29, 1.82) is 5.26 Å². The van der Waals surface area contributed by atoms with Gasteiger partial charge in [-0.25, -0.2) is 0 Å². The van der Waals surface area contributed by atoms with Crippen molar-refractivity contribution < 1.29 is 9.53 Å². The van der Waals surface area contributed by atoms with Gasteiger partial charge >= 0.3 is 0 Å². The van der Waals surface area contributed by atoms with Crippen LogP contribution in [0.3, 0.4) is 0 Å². The van der Waals surface area contributed by atoms with Crippen molar-refractivity contribution in [3.63, 3.8) is 0 Å². The maximum absolute atomic E-state index is 12.1. The molecule has 1 aromatic rings. The molecule has 0 unspecified atom stereocenters. The number of nitrogens with one attached hydrogen (secondary N) is 1. The van der Waals surface area contributed by atoms with Crippen molar-refractivity contribution >= 4 is 35.2 Å². The topological polar surface area (TPSA) is 65.4 Å². The molecule has 7 heteroatoms. The summed E-state index contributed by atoms with van der Waals surface area (Å²) in [6.07, 6.45) is 1.49. The third-order valence-corrected chi connectivity index (χ3v) is 4.18. The summed E-state index contributed by atoms with van der Waals surface area (Å²) in [5, 5.41) is 12.7. The molecule has 1 aliphatic heterocycles. The van der Waals surface area contributed by atoms with Gasteiger partial charge in [0.25, 0.3) is 5.91 Å². The summed E-state index contributed by atoms with van der Waals surface area (Å²) in [6, 6.07) is 6.85. The van der Waals surface area contributed by atoms with Crippen molar-refractivity contribution in [2.24, 2.45) is 0 Å². The van der Waals surface area contributed by atoms with Crippen LogP contribution in [0.1, 0.15) is 5.56 Å².